The number of urea groups is 1. The first-order valence-corrected chi connectivity index (χ1v) is 6.17. The van der Waals surface area contributed by atoms with Crippen molar-refractivity contribution in [2.75, 3.05) is 19.6 Å². The van der Waals surface area contributed by atoms with Gasteiger partial charge < -0.3 is 26.2 Å². The summed E-state index contributed by atoms with van der Waals surface area (Å²) in [5.74, 6) is -2.34. The molecule has 0 fully saturated rings. The summed E-state index contributed by atoms with van der Waals surface area (Å²) in [5.41, 5.74) is 0. The molecule has 0 aliphatic rings. The molecule has 110 valence electrons. The summed E-state index contributed by atoms with van der Waals surface area (Å²) in [4.78, 5) is 32.6. The third-order valence-electron chi connectivity index (χ3n) is 2.32. The maximum absolute atomic E-state index is 11.4. The van der Waals surface area contributed by atoms with Gasteiger partial charge in [0.15, 0.2) is 0 Å². The molecule has 0 aromatic heterocycles. The molecule has 0 aliphatic heterocycles. The van der Waals surface area contributed by atoms with Gasteiger partial charge in [-0.3, -0.25) is 4.79 Å². The number of carbonyl (C=O) groups excluding carboxylic acids is 1. The van der Waals surface area contributed by atoms with E-state index >= 15 is 0 Å². The predicted molar refractivity (Wildman–Crippen MR) is 68.0 cm³/mol. The summed E-state index contributed by atoms with van der Waals surface area (Å²) in [6.45, 7) is 4.00. The molecule has 0 aromatic rings. The molecule has 0 radical (unpaired) electrons. The summed E-state index contributed by atoms with van der Waals surface area (Å²) in [6.07, 6.45) is 0.279. The molecular weight excluding hydrogens is 254 g/mol. The summed E-state index contributed by atoms with van der Waals surface area (Å²) in [5, 5.41) is 25.1. The van der Waals surface area contributed by atoms with Gasteiger partial charge in [0.2, 0.25) is 0 Å². The lowest BCUT2D eigenvalue weighted by molar-refractivity contribution is -0.140. The molecule has 2 amide bonds. The summed E-state index contributed by atoms with van der Waals surface area (Å²) in [6, 6.07) is -1.79. The highest BCUT2D eigenvalue weighted by Gasteiger charge is 2.20. The first-order chi connectivity index (χ1) is 8.97. The summed E-state index contributed by atoms with van der Waals surface area (Å²) >= 11 is 0. The van der Waals surface area contributed by atoms with Gasteiger partial charge in [-0.15, -0.1) is 0 Å². The second kappa shape index (κ2) is 10.1. The monoisotopic (exact) mass is 275 g/mol. The molecule has 0 aromatic carbocycles. The van der Waals surface area contributed by atoms with Crippen LogP contribution in [0, 0.1) is 0 Å². The zero-order valence-corrected chi connectivity index (χ0v) is 10.9. The average Bonchev–Trinajstić information content (AvgIpc) is 2.33. The van der Waals surface area contributed by atoms with Crippen LogP contribution in [0.15, 0.2) is 0 Å². The van der Waals surface area contributed by atoms with Gasteiger partial charge in [0.25, 0.3) is 0 Å². The zero-order valence-electron chi connectivity index (χ0n) is 10.9. The van der Waals surface area contributed by atoms with Crippen LogP contribution in [-0.2, 0) is 9.59 Å². The minimum absolute atomic E-state index is 0.143. The van der Waals surface area contributed by atoms with E-state index in [2.05, 4.69) is 16.0 Å². The second-order valence-electron chi connectivity index (χ2n) is 3.93. The number of amides is 2. The van der Waals surface area contributed by atoms with Crippen LogP contribution in [-0.4, -0.2) is 53.9 Å². The molecule has 0 heterocycles. The van der Waals surface area contributed by atoms with Crippen molar-refractivity contribution in [3.8, 4) is 0 Å². The average molecular weight is 275 g/mol. The van der Waals surface area contributed by atoms with Crippen molar-refractivity contribution >= 4 is 18.0 Å². The minimum atomic E-state index is -1.25. The predicted octanol–water partition coefficient (Wildman–Crippen LogP) is -0.397. The molecule has 8 heteroatoms. The molecule has 19 heavy (non-hydrogen) atoms. The number of hydrogen-bond donors (Lipinski definition) is 5. The Morgan fingerprint density at radius 1 is 1.16 bits per heavy atom. The molecule has 0 spiro atoms. The maximum Gasteiger partial charge on any atom is 0.326 e. The molecule has 1 atom stereocenters. The highest BCUT2D eigenvalue weighted by atomic mass is 16.4. The van der Waals surface area contributed by atoms with E-state index in [-0.39, 0.29) is 12.8 Å². The highest BCUT2D eigenvalue weighted by Crippen LogP contribution is 1.97. The Hall–Kier alpha value is -1.83. The molecule has 0 rings (SSSR count). The van der Waals surface area contributed by atoms with Gasteiger partial charge in [-0.05, 0) is 25.9 Å². The van der Waals surface area contributed by atoms with Crippen LogP contribution in [0.1, 0.15) is 26.2 Å². The summed E-state index contributed by atoms with van der Waals surface area (Å²) < 4.78 is 0. The lowest BCUT2D eigenvalue weighted by Gasteiger charge is -2.14. The lowest BCUT2D eigenvalue weighted by Crippen LogP contribution is -2.46. The van der Waals surface area contributed by atoms with Gasteiger partial charge >= 0.3 is 18.0 Å². The van der Waals surface area contributed by atoms with Crippen molar-refractivity contribution < 1.29 is 24.6 Å². The van der Waals surface area contributed by atoms with Crippen molar-refractivity contribution in [3.63, 3.8) is 0 Å². The van der Waals surface area contributed by atoms with Gasteiger partial charge in [0, 0.05) is 13.0 Å². The number of rotatable bonds is 10. The molecule has 0 saturated heterocycles. The first kappa shape index (κ1) is 17.2. The smallest absolute Gasteiger partial charge is 0.326 e. The van der Waals surface area contributed by atoms with Crippen molar-refractivity contribution in [1.29, 1.82) is 0 Å². The van der Waals surface area contributed by atoms with Crippen molar-refractivity contribution in [1.82, 2.24) is 16.0 Å². The molecular formula is C11H21N3O5. The number of carboxylic acid groups (broad SMARTS) is 2. The van der Waals surface area contributed by atoms with Crippen LogP contribution in [0.5, 0.6) is 0 Å². The van der Waals surface area contributed by atoms with E-state index in [1.807, 2.05) is 6.92 Å². The van der Waals surface area contributed by atoms with Crippen molar-refractivity contribution in [2.24, 2.45) is 0 Å². The number of nitrogens with one attached hydrogen (secondary N) is 3. The van der Waals surface area contributed by atoms with E-state index in [1.54, 1.807) is 0 Å². The molecule has 0 bridgehead atoms. The minimum Gasteiger partial charge on any atom is -0.481 e. The fraction of sp³-hybridized carbons (Fsp3) is 0.727. The molecule has 0 unspecified atom stereocenters. The van der Waals surface area contributed by atoms with Gasteiger partial charge in [-0.2, -0.15) is 0 Å². The van der Waals surface area contributed by atoms with Crippen LogP contribution in [0.4, 0.5) is 4.79 Å². The van der Waals surface area contributed by atoms with Crippen molar-refractivity contribution in [2.45, 2.75) is 32.2 Å². The van der Waals surface area contributed by atoms with Gasteiger partial charge in [-0.25, -0.2) is 9.59 Å². The first-order valence-electron chi connectivity index (χ1n) is 6.17. The third-order valence-corrected chi connectivity index (χ3v) is 2.32. The standard InChI is InChI=1S/C11H21N3O5/c1-2-12-6-3-7-13-11(19)14-8(10(17)18)4-5-9(15)16/h8,12H,2-7H2,1H3,(H,15,16)(H,17,18)(H2,13,14,19)/t8-/m0/s1. The van der Waals surface area contributed by atoms with E-state index in [4.69, 9.17) is 10.2 Å². The van der Waals surface area contributed by atoms with E-state index in [0.29, 0.717) is 6.54 Å². The topological polar surface area (TPSA) is 128 Å². The quantitative estimate of drug-likeness (QED) is 0.345. The number of carbonyl (C=O) groups is 3. The second-order valence-corrected chi connectivity index (χ2v) is 3.93. The zero-order chi connectivity index (χ0) is 14.7. The Bertz CT molecular complexity index is 309. The normalized spacial score (nSPS) is 11.6. The third kappa shape index (κ3) is 9.83. The highest BCUT2D eigenvalue weighted by molar-refractivity contribution is 5.82. The number of hydrogen-bond acceptors (Lipinski definition) is 4. The maximum atomic E-state index is 11.4. The number of aliphatic carboxylic acids is 2. The molecule has 0 aliphatic carbocycles. The molecule has 0 saturated carbocycles. The lowest BCUT2D eigenvalue weighted by atomic mass is 10.1. The van der Waals surface area contributed by atoms with E-state index in [0.717, 1.165) is 19.5 Å². The van der Waals surface area contributed by atoms with Crippen LogP contribution in [0.3, 0.4) is 0 Å². The van der Waals surface area contributed by atoms with Gasteiger partial charge in [0.05, 0.1) is 0 Å². The van der Waals surface area contributed by atoms with Crippen LogP contribution < -0.4 is 16.0 Å². The van der Waals surface area contributed by atoms with E-state index < -0.39 is 24.0 Å². The SMILES string of the molecule is CCNCCCNC(=O)N[C@@H](CCC(=O)O)C(=O)O. The molecule has 5 N–H and O–H groups in total. The van der Waals surface area contributed by atoms with Crippen LogP contribution in [0.2, 0.25) is 0 Å². The Morgan fingerprint density at radius 2 is 1.84 bits per heavy atom. The fourth-order valence-electron chi connectivity index (χ4n) is 1.33. The van der Waals surface area contributed by atoms with Crippen molar-refractivity contribution in [3.05, 3.63) is 0 Å². The number of carboxylic acids is 2. The Labute approximate surface area is 111 Å². The Morgan fingerprint density at radius 3 is 2.37 bits per heavy atom. The van der Waals surface area contributed by atoms with Gasteiger partial charge in [0.1, 0.15) is 6.04 Å². The van der Waals surface area contributed by atoms with Crippen LogP contribution >= 0.6 is 0 Å². The Kier molecular flexibility index (Phi) is 9.15. The fourth-order valence-corrected chi connectivity index (χ4v) is 1.33. The Balaban J connectivity index is 3.90. The summed E-state index contributed by atoms with van der Waals surface area (Å²) in [7, 11) is 0. The van der Waals surface area contributed by atoms with Gasteiger partial charge in [-0.1, -0.05) is 6.92 Å². The molecule has 8 nitrogen and oxygen atoms in total. The van der Waals surface area contributed by atoms with Crippen LogP contribution in [0.25, 0.3) is 0 Å². The largest absolute Gasteiger partial charge is 0.481 e. The van der Waals surface area contributed by atoms with E-state index in [1.165, 1.54) is 0 Å². The van der Waals surface area contributed by atoms with E-state index in [9.17, 15) is 14.4 Å².